The third kappa shape index (κ3) is 1.76. The van der Waals surface area contributed by atoms with Crippen LogP contribution >= 0.6 is 12.4 Å². The van der Waals surface area contributed by atoms with Gasteiger partial charge in [-0.25, -0.2) is 0 Å². The summed E-state index contributed by atoms with van der Waals surface area (Å²) in [4.78, 5) is 4.29. The minimum atomic E-state index is 0. The zero-order valence-corrected chi connectivity index (χ0v) is 13.4. The van der Waals surface area contributed by atoms with E-state index >= 15 is 0 Å². The molecule has 0 fully saturated rings. The second kappa shape index (κ2) is 5.27. The Hall–Kier alpha value is -2.10. The number of halogens is 1. The second-order valence-electron chi connectivity index (χ2n) is 5.53. The van der Waals surface area contributed by atoms with Crippen LogP contribution in [0.2, 0.25) is 0 Å². The Morgan fingerprint density at radius 1 is 1.09 bits per heavy atom. The predicted molar refractivity (Wildman–Crippen MR) is 95.6 cm³/mol. The summed E-state index contributed by atoms with van der Waals surface area (Å²) in [5.41, 5.74) is 11.1. The molecule has 0 aliphatic rings. The Balaban J connectivity index is 0.00000144. The minimum Gasteiger partial charge on any atom is -0.343 e. The molecular weight excluding hydrogens is 294 g/mol. The molecular formula is C18H18ClN3. The molecule has 0 amide bonds. The van der Waals surface area contributed by atoms with E-state index in [0.29, 0.717) is 6.54 Å². The first-order chi connectivity index (χ1) is 10.2. The Bertz CT molecular complexity index is 1000. The Labute approximate surface area is 135 Å². The molecule has 4 aromatic rings. The molecule has 0 aliphatic heterocycles. The number of nitrogens with zero attached hydrogens (tertiary/aromatic N) is 2. The van der Waals surface area contributed by atoms with Crippen molar-refractivity contribution >= 4 is 45.0 Å². The minimum absolute atomic E-state index is 0. The van der Waals surface area contributed by atoms with Crippen molar-refractivity contribution in [3.63, 3.8) is 0 Å². The predicted octanol–water partition coefficient (Wildman–Crippen LogP) is 4.07. The molecule has 0 unspecified atom stereocenters. The largest absolute Gasteiger partial charge is 0.343 e. The third-order valence-corrected chi connectivity index (χ3v) is 4.52. The number of hydrogen-bond donors (Lipinski definition) is 1. The molecule has 4 heteroatoms. The van der Waals surface area contributed by atoms with Gasteiger partial charge in [0, 0.05) is 47.7 Å². The van der Waals surface area contributed by atoms with E-state index in [2.05, 4.69) is 53.9 Å². The standard InChI is InChI=1S/C18H17N3.ClH/c1-11-12-7-8-20-10-15(12)14(9-19)17-13-5-3-4-6-16(13)21(2)18(11)17;/h3-8,10H,9,19H2,1-2H3;1H. The SMILES string of the molecule is Cc1c2ccncc2c(CN)c2c3ccccc3n(C)c12.Cl. The summed E-state index contributed by atoms with van der Waals surface area (Å²) in [6.07, 6.45) is 3.79. The highest BCUT2D eigenvalue weighted by atomic mass is 35.5. The van der Waals surface area contributed by atoms with Gasteiger partial charge in [-0.2, -0.15) is 0 Å². The average Bonchev–Trinajstić information content (AvgIpc) is 2.82. The maximum Gasteiger partial charge on any atom is 0.0528 e. The Morgan fingerprint density at radius 2 is 1.86 bits per heavy atom. The molecule has 112 valence electrons. The van der Waals surface area contributed by atoms with Crippen molar-refractivity contribution in [3.8, 4) is 0 Å². The lowest BCUT2D eigenvalue weighted by Gasteiger charge is -2.11. The number of rotatable bonds is 1. The van der Waals surface area contributed by atoms with Crippen LogP contribution < -0.4 is 5.73 Å². The lowest BCUT2D eigenvalue weighted by Crippen LogP contribution is -2.01. The highest BCUT2D eigenvalue weighted by molar-refractivity contribution is 6.16. The molecule has 2 heterocycles. The van der Waals surface area contributed by atoms with Gasteiger partial charge in [-0.3, -0.25) is 4.98 Å². The van der Waals surface area contributed by atoms with Gasteiger partial charge in [-0.1, -0.05) is 18.2 Å². The molecule has 0 saturated heterocycles. The lowest BCUT2D eigenvalue weighted by molar-refractivity contribution is 1.01. The molecule has 0 spiro atoms. The topological polar surface area (TPSA) is 43.8 Å². The van der Waals surface area contributed by atoms with Crippen molar-refractivity contribution in [1.82, 2.24) is 9.55 Å². The van der Waals surface area contributed by atoms with Crippen LogP contribution in [0.5, 0.6) is 0 Å². The van der Waals surface area contributed by atoms with Crippen LogP contribution in [0.3, 0.4) is 0 Å². The van der Waals surface area contributed by atoms with E-state index < -0.39 is 0 Å². The summed E-state index contributed by atoms with van der Waals surface area (Å²) in [6, 6.07) is 10.6. The summed E-state index contributed by atoms with van der Waals surface area (Å²) in [5.74, 6) is 0. The van der Waals surface area contributed by atoms with E-state index in [0.717, 1.165) is 0 Å². The van der Waals surface area contributed by atoms with Gasteiger partial charge in [0.25, 0.3) is 0 Å². The zero-order valence-electron chi connectivity index (χ0n) is 12.6. The monoisotopic (exact) mass is 311 g/mol. The Morgan fingerprint density at radius 3 is 2.64 bits per heavy atom. The van der Waals surface area contributed by atoms with Crippen molar-refractivity contribution in [1.29, 1.82) is 0 Å². The van der Waals surface area contributed by atoms with Crippen LogP contribution in [0.25, 0.3) is 32.6 Å². The van der Waals surface area contributed by atoms with Crippen molar-refractivity contribution < 1.29 is 0 Å². The molecule has 22 heavy (non-hydrogen) atoms. The number of para-hydroxylation sites is 1. The van der Waals surface area contributed by atoms with Crippen LogP contribution in [-0.4, -0.2) is 9.55 Å². The quantitative estimate of drug-likeness (QED) is 0.576. The third-order valence-electron chi connectivity index (χ3n) is 4.52. The van der Waals surface area contributed by atoms with E-state index in [1.165, 1.54) is 43.7 Å². The molecule has 0 saturated carbocycles. The van der Waals surface area contributed by atoms with Gasteiger partial charge in [-0.05, 0) is 35.6 Å². The van der Waals surface area contributed by atoms with E-state index in [-0.39, 0.29) is 12.4 Å². The first-order valence-electron chi connectivity index (χ1n) is 7.16. The highest BCUT2D eigenvalue weighted by Gasteiger charge is 2.17. The number of aromatic nitrogens is 2. The van der Waals surface area contributed by atoms with Gasteiger partial charge in [-0.15, -0.1) is 12.4 Å². The van der Waals surface area contributed by atoms with Crippen LogP contribution in [0.1, 0.15) is 11.1 Å². The number of aryl methyl sites for hydroxylation is 2. The first kappa shape index (κ1) is 14.8. The van der Waals surface area contributed by atoms with E-state index in [1.54, 1.807) is 0 Å². The molecule has 0 radical (unpaired) electrons. The summed E-state index contributed by atoms with van der Waals surface area (Å²) >= 11 is 0. The molecule has 2 aromatic carbocycles. The molecule has 0 atom stereocenters. The lowest BCUT2D eigenvalue weighted by atomic mass is 9.96. The second-order valence-corrected chi connectivity index (χ2v) is 5.53. The van der Waals surface area contributed by atoms with Crippen molar-refractivity contribution in [3.05, 3.63) is 53.9 Å². The zero-order chi connectivity index (χ0) is 14.6. The normalized spacial score (nSPS) is 11.2. The average molecular weight is 312 g/mol. The fourth-order valence-corrected chi connectivity index (χ4v) is 3.57. The van der Waals surface area contributed by atoms with Crippen molar-refractivity contribution in [2.75, 3.05) is 0 Å². The molecule has 3 nitrogen and oxygen atoms in total. The molecule has 2 N–H and O–H groups in total. The van der Waals surface area contributed by atoms with Gasteiger partial charge in [0.2, 0.25) is 0 Å². The maximum absolute atomic E-state index is 6.10. The first-order valence-corrected chi connectivity index (χ1v) is 7.16. The molecule has 0 aliphatic carbocycles. The van der Waals surface area contributed by atoms with Crippen LogP contribution in [-0.2, 0) is 13.6 Å². The number of benzene rings is 2. The van der Waals surface area contributed by atoms with Gasteiger partial charge < -0.3 is 10.3 Å². The van der Waals surface area contributed by atoms with E-state index in [1.807, 2.05) is 12.4 Å². The smallest absolute Gasteiger partial charge is 0.0528 e. The van der Waals surface area contributed by atoms with Crippen molar-refractivity contribution in [2.45, 2.75) is 13.5 Å². The number of pyridine rings is 1. The summed E-state index contributed by atoms with van der Waals surface area (Å²) in [5, 5.41) is 4.95. The maximum atomic E-state index is 6.10. The summed E-state index contributed by atoms with van der Waals surface area (Å²) < 4.78 is 2.28. The highest BCUT2D eigenvalue weighted by Crippen LogP contribution is 2.37. The molecule has 0 bridgehead atoms. The Kier molecular flexibility index (Phi) is 3.55. The van der Waals surface area contributed by atoms with Gasteiger partial charge in [0.15, 0.2) is 0 Å². The van der Waals surface area contributed by atoms with Crippen LogP contribution in [0.4, 0.5) is 0 Å². The summed E-state index contributed by atoms with van der Waals surface area (Å²) in [6.45, 7) is 2.71. The number of fused-ring (bicyclic) bond motifs is 4. The van der Waals surface area contributed by atoms with E-state index in [9.17, 15) is 0 Å². The van der Waals surface area contributed by atoms with Gasteiger partial charge in [0.05, 0.1) is 5.52 Å². The summed E-state index contributed by atoms with van der Waals surface area (Å²) in [7, 11) is 2.13. The molecule has 4 rings (SSSR count). The van der Waals surface area contributed by atoms with Gasteiger partial charge in [0.1, 0.15) is 0 Å². The number of hydrogen-bond acceptors (Lipinski definition) is 2. The number of nitrogens with two attached hydrogens (primary N) is 1. The van der Waals surface area contributed by atoms with Crippen LogP contribution in [0.15, 0.2) is 42.7 Å². The van der Waals surface area contributed by atoms with E-state index in [4.69, 9.17) is 5.73 Å². The van der Waals surface area contributed by atoms with Crippen molar-refractivity contribution in [2.24, 2.45) is 12.8 Å². The van der Waals surface area contributed by atoms with Gasteiger partial charge >= 0.3 is 0 Å². The molecule has 2 aromatic heterocycles. The fourth-order valence-electron chi connectivity index (χ4n) is 3.57. The van der Waals surface area contributed by atoms with Crippen LogP contribution in [0, 0.1) is 6.92 Å². The fraction of sp³-hybridized carbons (Fsp3) is 0.167.